The van der Waals surface area contributed by atoms with E-state index in [-0.39, 0.29) is 0 Å². The van der Waals surface area contributed by atoms with Gasteiger partial charge in [0.2, 0.25) is 0 Å². The number of hydrogen-bond acceptors (Lipinski definition) is 3. The number of nitrogens with zero attached hydrogens (tertiary/aromatic N) is 2. The first kappa shape index (κ1) is 11.0. The standard InChI is InChI=1S/C11H19N3/c1-4-5-10-6-9(8-12)7-11(13-10)14(2)3/h6-7H,4-5,8,12H2,1-3H3. The zero-order chi connectivity index (χ0) is 10.6. The Kier molecular flexibility index (Phi) is 3.89. The van der Waals surface area contributed by atoms with Gasteiger partial charge in [0.05, 0.1) is 0 Å². The number of hydrogen-bond donors (Lipinski definition) is 1. The van der Waals surface area contributed by atoms with Crippen LogP contribution in [0.15, 0.2) is 12.1 Å². The van der Waals surface area contributed by atoms with Crippen LogP contribution < -0.4 is 10.6 Å². The molecule has 2 N–H and O–H groups in total. The number of aromatic nitrogens is 1. The molecular formula is C11H19N3. The van der Waals surface area contributed by atoms with Crippen molar-refractivity contribution in [3.05, 3.63) is 23.4 Å². The molecule has 0 saturated carbocycles. The van der Waals surface area contributed by atoms with E-state index in [4.69, 9.17) is 5.73 Å². The second-order valence-electron chi connectivity index (χ2n) is 3.67. The molecule has 1 aromatic heterocycles. The summed E-state index contributed by atoms with van der Waals surface area (Å²) in [5.74, 6) is 0.997. The molecule has 0 aliphatic heterocycles. The average Bonchev–Trinajstić information content (AvgIpc) is 2.17. The molecule has 0 fully saturated rings. The quantitative estimate of drug-likeness (QED) is 0.789. The molecule has 0 aromatic carbocycles. The normalized spacial score (nSPS) is 10.3. The summed E-state index contributed by atoms with van der Waals surface area (Å²) in [6.45, 7) is 2.74. The molecule has 0 radical (unpaired) electrons. The minimum atomic E-state index is 0.583. The molecule has 0 bridgehead atoms. The number of pyridine rings is 1. The third kappa shape index (κ3) is 2.70. The van der Waals surface area contributed by atoms with E-state index in [0.717, 1.165) is 29.9 Å². The van der Waals surface area contributed by atoms with Gasteiger partial charge in [-0.3, -0.25) is 0 Å². The summed E-state index contributed by atoms with van der Waals surface area (Å²) in [6.07, 6.45) is 2.14. The molecule has 0 unspecified atom stereocenters. The lowest BCUT2D eigenvalue weighted by atomic mass is 10.1. The third-order valence-electron chi connectivity index (χ3n) is 2.12. The Morgan fingerprint density at radius 1 is 1.36 bits per heavy atom. The lowest BCUT2D eigenvalue weighted by Gasteiger charge is -2.14. The van der Waals surface area contributed by atoms with E-state index < -0.39 is 0 Å². The maximum Gasteiger partial charge on any atom is 0.128 e. The summed E-state index contributed by atoms with van der Waals surface area (Å²) in [7, 11) is 4.00. The smallest absolute Gasteiger partial charge is 0.128 e. The molecule has 0 atom stereocenters. The fraction of sp³-hybridized carbons (Fsp3) is 0.545. The first-order chi connectivity index (χ1) is 6.67. The van der Waals surface area contributed by atoms with Gasteiger partial charge in [0.25, 0.3) is 0 Å². The zero-order valence-corrected chi connectivity index (χ0v) is 9.25. The lowest BCUT2D eigenvalue weighted by molar-refractivity contribution is 0.867. The summed E-state index contributed by atoms with van der Waals surface area (Å²) in [5, 5.41) is 0. The van der Waals surface area contributed by atoms with E-state index in [0.29, 0.717) is 6.54 Å². The molecule has 1 heterocycles. The third-order valence-corrected chi connectivity index (χ3v) is 2.12. The van der Waals surface area contributed by atoms with Gasteiger partial charge in [-0.1, -0.05) is 13.3 Å². The lowest BCUT2D eigenvalue weighted by Crippen LogP contribution is -2.13. The minimum Gasteiger partial charge on any atom is -0.363 e. The molecule has 3 nitrogen and oxygen atoms in total. The molecule has 0 aliphatic rings. The van der Waals surface area contributed by atoms with E-state index in [1.165, 1.54) is 0 Å². The van der Waals surface area contributed by atoms with Crippen LogP contribution in [0.1, 0.15) is 24.6 Å². The van der Waals surface area contributed by atoms with E-state index in [2.05, 4.69) is 18.0 Å². The van der Waals surface area contributed by atoms with Crippen LogP contribution in [0.5, 0.6) is 0 Å². The van der Waals surface area contributed by atoms with E-state index in [1.54, 1.807) is 0 Å². The summed E-state index contributed by atoms with van der Waals surface area (Å²) >= 11 is 0. The van der Waals surface area contributed by atoms with Crippen LogP contribution in [0, 0.1) is 0 Å². The summed E-state index contributed by atoms with van der Waals surface area (Å²) in [4.78, 5) is 6.55. The van der Waals surface area contributed by atoms with Gasteiger partial charge in [-0.25, -0.2) is 4.98 Å². The van der Waals surface area contributed by atoms with Crippen molar-refractivity contribution in [2.45, 2.75) is 26.3 Å². The first-order valence-corrected chi connectivity index (χ1v) is 5.04. The molecule has 14 heavy (non-hydrogen) atoms. The van der Waals surface area contributed by atoms with Crippen LogP contribution in [0.3, 0.4) is 0 Å². The van der Waals surface area contributed by atoms with Crippen LogP contribution >= 0.6 is 0 Å². The molecule has 0 saturated heterocycles. The number of anilines is 1. The van der Waals surface area contributed by atoms with Crippen molar-refractivity contribution in [2.75, 3.05) is 19.0 Å². The first-order valence-electron chi connectivity index (χ1n) is 5.04. The summed E-state index contributed by atoms with van der Waals surface area (Å²) in [5.41, 5.74) is 7.94. The van der Waals surface area contributed by atoms with E-state index in [9.17, 15) is 0 Å². The average molecular weight is 193 g/mol. The Morgan fingerprint density at radius 3 is 2.57 bits per heavy atom. The van der Waals surface area contributed by atoms with Gasteiger partial charge in [-0.2, -0.15) is 0 Å². The van der Waals surface area contributed by atoms with Crippen LogP contribution in [0.2, 0.25) is 0 Å². The molecule has 0 amide bonds. The van der Waals surface area contributed by atoms with Crippen LogP contribution in [0.25, 0.3) is 0 Å². The van der Waals surface area contributed by atoms with Crippen LogP contribution in [-0.2, 0) is 13.0 Å². The van der Waals surface area contributed by atoms with Gasteiger partial charge in [-0.05, 0) is 24.1 Å². The van der Waals surface area contributed by atoms with Gasteiger partial charge in [0.15, 0.2) is 0 Å². The van der Waals surface area contributed by atoms with Gasteiger partial charge in [-0.15, -0.1) is 0 Å². The summed E-state index contributed by atoms with van der Waals surface area (Å²) in [6, 6.07) is 4.13. The topological polar surface area (TPSA) is 42.1 Å². The monoisotopic (exact) mass is 193 g/mol. The molecule has 0 spiro atoms. The second-order valence-corrected chi connectivity index (χ2v) is 3.67. The largest absolute Gasteiger partial charge is 0.363 e. The molecule has 78 valence electrons. The van der Waals surface area contributed by atoms with Crippen molar-refractivity contribution in [3.8, 4) is 0 Å². The Balaban J connectivity index is 3.00. The molecule has 3 heteroatoms. The van der Waals surface area contributed by atoms with Crippen molar-refractivity contribution >= 4 is 5.82 Å². The van der Waals surface area contributed by atoms with Crippen molar-refractivity contribution < 1.29 is 0 Å². The predicted molar refractivity (Wildman–Crippen MR) is 60.5 cm³/mol. The SMILES string of the molecule is CCCc1cc(CN)cc(N(C)C)n1. The van der Waals surface area contributed by atoms with Crippen molar-refractivity contribution in [1.82, 2.24) is 4.98 Å². The molecule has 0 aliphatic carbocycles. The second kappa shape index (κ2) is 4.96. The molecule has 1 aromatic rings. The number of rotatable bonds is 4. The highest BCUT2D eigenvalue weighted by Gasteiger charge is 2.02. The predicted octanol–water partition coefficient (Wildman–Crippen LogP) is 1.56. The fourth-order valence-electron chi connectivity index (χ4n) is 1.36. The maximum absolute atomic E-state index is 5.64. The fourth-order valence-corrected chi connectivity index (χ4v) is 1.36. The minimum absolute atomic E-state index is 0.583. The van der Waals surface area contributed by atoms with Crippen molar-refractivity contribution in [1.29, 1.82) is 0 Å². The Morgan fingerprint density at radius 2 is 2.07 bits per heavy atom. The van der Waals surface area contributed by atoms with Gasteiger partial charge in [0, 0.05) is 26.3 Å². The van der Waals surface area contributed by atoms with Gasteiger partial charge >= 0.3 is 0 Å². The van der Waals surface area contributed by atoms with Crippen molar-refractivity contribution in [3.63, 3.8) is 0 Å². The van der Waals surface area contributed by atoms with Crippen LogP contribution in [-0.4, -0.2) is 19.1 Å². The van der Waals surface area contributed by atoms with E-state index >= 15 is 0 Å². The maximum atomic E-state index is 5.64. The highest BCUT2D eigenvalue weighted by atomic mass is 15.1. The highest BCUT2D eigenvalue weighted by molar-refractivity contribution is 5.41. The van der Waals surface area contributed by atoms with E-state index in [1.807, 2.05) is 25.1 Å². The van der Waals surface area contributed by atoms with Crippen LogP contribution in [0.4, 0.5) is 5.82 Å². The number of nitrogens with two attached hydrogens (primary N) is 1. The Hall–Kier alpha value is -1.09. The Labute approximate surface area is 85.9 Å². The van der Waals surface area contributed by atoms with Gasteiger partial charge in [0.1, 0.15) is 5.82 Å². The summed E-state index contributed by atoms with van der Waals surface area (Å²) < 4.78 is 0. The zero-order valence-electron chi connectivity index (χ0n) is 9.25. The Bertz CT molecular complexity index is 295. The van der Waals surface area contributed by atoms with Crippen molar-refractivity contribution in [2.24, 2.45) is 5.73 Å². The molecular weight excluding hydrogens is 174 g/mol. The molecule has 1 rings (SSSR count). The number of aryl methyl sites for hydroxylation is 1. The van der Waals surface area contributed by atoms with Gasteiger partial charge < -0.3 is 10.6 Å². The highest BCUT2D eigenvalue weighted by Crippen LogP contribution is 2.13.